The Bertz CT molecular complexity index is 558. The number of nitrogens with zero attached hydrogens (tertiary/aromatic N) is 2. The summed E-state index contributed by atoms with van der Waals surface area (Å²) in [7, 11) is 0. The molecular weight excluding hydrogens is 531 g/mol. The quantitative estimate of drug-likeness (QED) is 0.445. The molecule has 2 nitrogen and oxygen atoms in total. The van der Waals surface area contributed by atoms with Crippen LogP contribution in [0.3, 0.4) is 0 Å². The molecule has 1 aliphatic rings. The van der Waals surface area contributed by atoms with E-state index in [0.29, 0.717) is 0 Å². The van der Waals surface area contributed by atoms with Crippen molar-refractivity contribution in [3.8, 4) is 0 Å². The Morgan fingerprint density at radius 3 is 1.74 bits per heavy atom. The van der Waals surface area contributed by atoms with Gasteiger partial charge in [0, 0.05) is 44.4 Å². The van der Waals surface area contributed by atoms with E-state index in [0.717, 1.165) is 22.0 Å². The molecule has 0 aliphatic carbocycles. The summed E-state index contributed by atoms with van der Waals surface area (Å²) in [6.45, 7) is 8.08. The Kier molecular flexibility index (Phi) is 8.36. The number of piperazine rings is 1. The molecule has 1 aliphatic heterocycles. The van der Waals surface area contributed by atoms with Crippen molar-refractivity contribution in [3.05, 3.63) is 61.0 Å². The number of halogens is 3. The molecule has 23 heavy (non-hydrogen) atoms. The number of likely N-dealkylation sites (N-methyl/N-ethyl adjacent to an activating group) is 1. The van der Waals surface area contributed by atoms with Crippen molar-refractivity contribution in [2.45, 2.75) is 6.92 Å². The number of benzene rings is 2. The Balaban J connectivity index is 0.000000203. The Hall–Kier alpha value is -0.110. The molecule has 0 saturated carbocycles. The molecule has 3 rings (SSSR count). The van der Waals surface area contributed by atoms with E-state index in [1.807, 2.05) is 12.1 Å². The molecule has 0 atom stereocenters. The van der Waals surface area contributed by atoms with E-state index < -0.39 is 0 Å². The third kappa shape index (κ3) is 6.72. The van der Waals surface area contributed by atoms with Gasteiger partial charge in [-0.05, 0) is 77.7 Å². The second kappa shape index (κ2) is 10.0. The smallest absolute Gasteiger partial charge is 0.0367 e. The van der Waals surface area contributed by atoms with Gasteiger partial charge in [0.05, 0.1) is 0 Å². The highest BCUT2D eigenvalue weighted by molar-refractivity contribution is 14.1. The minimum absolute atomic E-state index is 1.14. The highest BCUT2D eigenvalue weighted by atomic mass is 127. The fourth-order valence-electron chi connectivity index (χ4n) is 2.40. The lowest BCUT2D eigenvalue weighted by atomic mass is 10.2. The van der Waals surface area contributed by atoms with E-state index in [-0.39, 0.29) is 0 Å². The third-order valence-electron chi connectivity index (χ3n) is 3.81. The summed E-state index contributed by atoms with van der Waals surface area (Å²) in [6, 6.07) is 16.8. The first kappa shape index (κ1) is 19.2. The molecule has 1 heterocycles. The van der Waals surface area contributed by atoms with Crippen molar-refractivity contribution in [3.63, 3.8) is 0 Å². The first-order chi connectivity index (χ1) is 11.1. The van der Waals surface area contributed by atoms with Crippen LogP contribution in [-0.2, 0) is 0 Å². The molecule has 0 spiro atoms. The van der Waals surface area contributed by atoms with Gasteiger partial charge in [0.2, 0.25) is 0 Å². The SMILES string of the molecule is Brc1ccc(I)cc1.CCN1CCN(c2ccc(Br)cc2)CC1. The molecule has 2 aromatic rings. The van der Waals surface area contributed by atoms with E-state index in [2.05, 4.69) is 108 Å². The molecule has 1 fully saturated rings. The molecule has 0 amide bonds. The maximum absolute atomic E-state index is 3.46. The van der Waals surface area contributed by atoms with Crippen molar-refractivity contribution in [1.29, 1.82) is 0 Å². The summed E-state index contributed by atoms with van der Waals surface area (Å²) < 4.78 is 3.56. The van der Waals surface area contributed by atoms with E-state index in [9.17, 15) is 0 Å². The van der Waals surface area contributed by atoms with Gasteiger partial charge in [-0.1, -0.05) is 38.8 Å². The number of hydrogen-bond acceptors (Lipinski definition) is 2. The molecule has 0 bridgehead atoms. The maximum Gasteiger partial charge on any atom is 0.0367 e. The van der Waals surface area contributed by atoms with Crippen LogP contribution in [0.5, 0.6) is 0 Å². The van der Waals surface area contributed by atoms with Gasteiger partial charge in [-0.2, -0.15) is 0 Å². The van der Waals surface area contributed by atoms with Crippen LogP contribution in [0.4, 0.5) is 5.69 Å². The van der Waals surface area contributed by atoms with Crippen molar-refractivity contribution >= 4 is 60.1 Å². The van der Waals surface area contributed by atoms with E-state index in [1.54, 1.807) is 0 Å². The van der Waals surface area contributed by atoms with E-state index in [4.69, 9.17) is 0 Å². The van der Waals surface area contributed by atoms with Gasteiger partial charge < -0.3 is 9.80 Å². The zero-order chi connectivity index (χ0) is 16.7. The Labute approximate surface area is 169 Å². The van der Waals surface area contributed by atoms with E-state index >= 15 is 0 Å². The Morgan fingerprint density at radius 1 is 0.826 bits per heavy atom. The van der Waals surface area contributed by atoms with Gasteiger partial charge in [-0.25, -0.2) is 0 Å². The summed E-state index contributed by atoms with van der Waals surface area (Å²) in [5.41, 5.74) is 1.34. The maximum atomic E-state index is 3.46. The van der Waals surface area contributed by atoms with E-state index in [1.165, 1.54) is 28.9 Å². The molecule has 0 aromatic heterocycles. The monoisotopic (exact) mass is 550 g/mol. The van der Waals surface area contributed by atoms with Crippen molar-refractivity contribution in [2.75, 3.05) is 37.6 Å². The number of hydrogen-bond donors (Lipinski definition) is 0. The number of rotatable bonds is 2. The summed E-state index contributed by atoms with van der Waals surface area (Å²) in [6.07, 6.45) is 0. The lowest BCUT2D eigenvalue weighted by molar-refractivity contribution is 0.271. The minimum Gasteiger partial charge on any atom is -0.369 e. The predicted molar refractivity (Wildman–Crippen MR) is 115 cm³/mol. The van der Waals surface area contributed by atoms with Crippen LogP contribution in [0.15, 0.2) is 57.5 Å². The highest BCUT2D eigenvalue weighted by Crippen LogP contribution is 2.19. The lowest BCUT2D eigenvalue weighted by Crippen LogP contribution is -2.46. The van der Waals surface area contributed by atoms with Crippen LogP contribution in [-0.4, -0.2) is 37.6 Å². The van der Waals surface area contributed by atoms with Gasteiger partial charge in [-0.15, -0.1) is 0 Å². The summed E-state index contributed by atoms with van der Waals surface area (Å²) in [5, 5.41) is 0. The molecule has 0 radical (unpaired) electrons. The van der Waals surface area contributed by atoms with Crippen LogP contribution in [0, 0.1) is 3.57 Å². The van der Waals surface area contributed by atoms with Crippen LogP contribution in [0.1, 0.15) is 6.92 Å². The zero-order valence-electron chi connectivity index (χ0n) is 13.2. The average Bonchev–Trinajstić information content (AvgIpc) is 2.59. The first-order valence-electron chi connectivity index (χ1n) is 7.72. The predicted octanol–water partition coefficient (Wildman–Crippen LogP) is 5.64. The molecular formula is C18H21Br2IN2. The standard InChI is InChI=1S/C12H17BrN2.C6H4BrI/c1-2-14-7-9-15(10-8-14)12-5-3-11(13)4-6-12;7-5-1-3-6(8)4-2-5/h3-6H,2,7-10H2,1H3;1-4H. The summed E-state index contributed by atoms with van der Waals surface area (Å²) in [5.74, 6) is 0. The zero-order valence-corrected chi connectivity index (χ0v) is 18.5. The molecule has 124 valence electrons. The molecule has 0 N–H and O–H groups in total. The van der Waals surface area contributed by atoms with Crippen LogP contribution >= 0.6 is 54.5 Å². The van der Waals surface area contributed by atoms with Gasteiger partial charge >= 0.3 is 0 Å². The van der Waals surface area contributed by atoms with Crippen LogP contribution in [0.2, 0.25) is 0 Å². The van der Waals surface area contributed by atoms with Crippen molar-refractivity contribution < 1.29 is 0 Å². The van der Waals surface area contributed by atoms with Crippen LogP contribution in [0.25, 0.3) is 0 Å². The third-order valence-corrected chi connectivity index (χ3v) is 5.59. The first-order valence-corrected chi connectivity index (χ1v) is 10.4. The largest absolute Gasteiger partial charge is 0.369 e. The average molecular weight is 552 g/mol. The molecule has 5 heteroatoms. The number of anilines is 1. The van der Waals surface area contributed by atoms with Crippen molar-refractivity contribution in [1.82, 2.24) is 4.90 Å². The van der Waals surface area contributed by atoms with Gasteiger partial charge in [0.25, 0.3) is 0 Å². The second-order valence-electron chi connectivity index (χ2n) is 5.33. The Morgan fingerprint density at radius 2 is 1.30 bits per heavy atom. The lowest BCUT2D eigenvalue weighted by Gasteiger charge is -2.35. The fourth-order valence-corrected chi connectivity index (χ4v) is 3.29. The highest BCUT2D eigenvalue weighted by Gasteiger charge is 2.15. The van der Waals surface area contributed by atoms with Gasteiger partial charge in [0.1, 0.15) is 0 Å². The summed E-state index contributed by atoms with van der Waals surface area (Å²) in [4.78, 5) is 4.95. The normalized spacial score (nSPS) is 15.0. The van der Waals surface area contributed by atoms with Gasteiger partial charge in [-0.3, -0.25) is 0 Å². The fraction of sp³-hybridized carbons (Fsp3) is 0.333. The van der Waals surface area contributed by atoms with Crippen LogP contribution < -0.4 is 4.90 Å². The minimum atomic E-state index is 1.14. The molecule has 0 unspecified atom stereocenters. The topological polar surface area (TPSA) is 6.48 Å². The second-order valence-corrected chi connectivity index (χ2v) is 8.41. The molecule has 2 aromatic carbocycles. The van der Waals surface area contributed by atoms with Crippen molar-refractivity contribution in [2.24, 2.45) is 0 Å². The van der Waals surface area contributed by atoms with Gasteiger partial charge in [0.15, 0.2) is 0 Å². The summed E-state index contributed by atoms with van der Waals surface area (Å²) >= 11 is 9.08. The molecule has 1 saturated heterocycles.